The van der Waals surface area contributed by atoms with Gasteiger partial charge in [-0.05, 0) is 34.5 Å². The van der Waals surface area contributed by atoms with Crippen LogP contribution in [-0.4, -0.2) is 42.4 Å². The molecule has 1 amide bonds. The molecule has 1 fully saturated rings. The number of thiophene rings is 1. The molecule has 0 saturated carbocycles. The second kappa shape index (κ2) is 5.29. The van der Waals surface area contributed by atoms with Crippen LogP contribution in [0.2, 0.25) is 0 Å². The minimum absolute atomic E-state index is 0.230. The van der Waals surface area contributed by atoms with E-state index in [1.165, 1.54) is 4.88 Å². The second-order valence-electron chi connectivity index (χ2n) is 4.09. The van der Waals surface area contributed by atoms with Crippen LogP contribution >= 0.6 is 27.3 Å². The molecule has 5 heteroatoms. The van der Waals surface area contributed by atoms with Crippen LogP contribution in [0.5, 0.6) is 0 Å². The van der Waals surface area contributed by atoms with Gasteiger partial charge in [0.1, 0.15) is 0 Å². The van der Waals surface area contributed by atoms with Crippen LogP contribution in [0.1, 0.15) is 11.3 Å². The fourth-order valence-corrected chi connectivity index (χ4v) is 3.36. The number of hydrogen-bond donors (Lipinski definition) is 0. The van der Waals surface area contributed by atoms with Gasteiger partial charge < -0.3 is 4.90 Å². The fourth-order valence-electron chi connectivity index (χ4n) is 1.84. The average molecular weight is 303 g/mol. The number of nitrogens with zero attached hydrogens (tertiary/aromatic N) is 2. The average Bonchev–Trinajstić information content (AvgIpc) is 2.56. The first-order chi connectivity index (χ1) is 7.65. The Morgan fingerprint density at radius 2 is 2.25 bits per heavy atom. The highest BCUT2D eigenvalue weighted by atomic mass is 79.9. The number of halogens is 1. The summed E-state index contributed by atoms with van der Waals surface area (Å²) in [5, 5.41) is 0. The highest BCUT2D eigenvalue weighted by Gasteiger charge is 2.19. The van der Waals surface area contributed by atoms with Gasteiger partial charge >= 0.3 is 0 Å². The van der Waals surface area contributed by atoms with E-state index in [0.29, 0.717) is 6.54 Å². The van der Waals surface area contributed by atoms with Gasteiger partial charge in [-0.3, -0.25) is 9.69 Å². The zero-order valence-corrected chi connectivity index (χ0v) is 11.7. The van der Waals surface area contributed by atoms with Crippen LogP contribution in [0.3, 0.4) is 0 Å². The minimum Gasteiger partial charge on any atom is -0.345 e. The van der Waals surface area contributed by atoms with Crippen LogP contribution in [0.15, 0.2) is 15.9 Å². The van der Waals surface area contributed by atoms with Gasteiger partial charge in [0.05, 0.1) is 10.3 Å². The van der Waals surface area contributed by atoms with Crippen LogP contribution in [0, 0.1) is 0 Å². The van der Waals surface area contributed by atoms with E-state index in [1.54, 1.807) is 11.3 Å². The Morgan fingerprint density at radius 1 is 1.44 bits per heavy atom. The normalized spacial score (nSPS) is 18.9. The quantitative estimate of drug-likeness (QED) is 0.836. The van der Waals surface area contributed by atoms with Crippen molar-refractivity contribution in [2.45, 2.75) is 13.0 Å². The Kier molecular flexibility index (Phi) is 4.00. The van der Waals surface area contributed by atoms with Crippen molar-refractivity contribution in [2.75, 3.05) is 26.7 Å². The third kappa shape index (κ3) is 3.06. The van der Waals surface area contributed by atoms with E-state index in [-0.39, 0.29) is 5.91 Å². The van der Waals surface area contributed by atoms with E-state index in [0.717, 1.165) is 29.8 Å². The van der Waals surface area contributed by atoms with Crippen molar-refractivity contribution in [3.8, 4) is 0 Å². The first-order valence-electron chi connectivity index (χ1n) is 5.35. The van der Waals surface area contributed by atoms with Crippen LogP contribution < -0.4 is 0 Å². The van der Waals surface area contributed by atoms with Crippen LogP contribution in [0.25, 0.3) is 0 Å². The topological polar surface area (TPSA) is 23.6 Å². The molecular weight excluding hydrogens is 288 g/mol. The van der Waals surface area contributed by atoms with Crippen molar-refractivity contribution in [3.63, 3.8) is 0 Å². The number of amides is 1. The smallest absolute Gasteiger partial charge is 0.236 e. The molecule has 0 aliphatic carbocycles. The predicted octanol–water partition coefficient (Wildman–Crippen LogP) is 2.17. The summed E-state index contributed by atoms with van der Waals surface area (Å²) < 4.78 is 1.15. The van der Waals surface area contributed by atoms with Crippen molar-refractivity contribution in [2.24, 2.45) is 0 Å². The maximum atomic E-state index is 11.7. The molecule has 0 aromatic carbocycles. The molecule has 88 valence electrons. The number of carbonyl (C=O) groups excluding carboxylic acids is 1. The first-order valence-corrected chi connectivity index (χ1v) is 6.96. The SMILES string of the molecule is CN1CCCN(Cc2ccc(Br)s2)CC1=O. The Morgan fingerprint density at radius 3 is 2.94 bits per heavy atom. The first kappa shape index (κ1) is 12.1. The summed E-state index contributed by atoms with van der Waals surface area (Å²) in [5.41, 5.74) is 0. The van der Waals surface area contributed by atoms with E-state index < -0.39 is 0 Å². The third-order valence-electron chi connectivity index (χ3n) is 2.76. The monoisotopic (exact) mass is 302 g/mol. The molecule has 16 heavy (non-hydrogen) atoms. The van der Waals surface area contributed by atoms with Gasteiger partial charge in [0.25, 0.3) is 0 Å². The number of carbonyl (C=O) groups is 1. The lowest BCUT2D eigenvalue weighted by Crippen LogP contribution is -2.33. The summed E-state index contributed by atoms with van der Waals surface area (Å²) in [5.74, 6) is 0.230. The standard InChI is InChI=1S/C11H15BrN2OS/c1-13-5-2-6-14(8-11(13)15)7-9-3-4-10(12)16-9/h3-4H,2,5-8H2,1H3. The molecule has 0 N–H and O–H groups in total. The Hall–Kier alpha value is -0.390. The third-order valence-corrected chi connectivity index (χ3v) is 4.37. The summed E-state index contributed by atoms with van der Waals surface area (Å²) in [7, 11) is 1.88. The second-order valence-corrected chi connectivity index (χ2v) is 6.63. The van der Waals surface area contributed by atoms with Crippen molar-refractivity contribution >= 4 is 33.2 Å². The summed E-state index contributed by atoms with van der Waals surface area (Å²) in [6, 6.07) is 4.18. The summed E-state index contributed by atoms with van der Waals surface area (Å²) in [6.07, 6.45) is 1.06. The van der Waals surface area contributed by atoms with E-state index in [9.17, 15) is 4.79 Å². The number of likely N-dealkylation sites (N-methyl/N-ethyl adjacent to an activating group) is 1. The van der Waals surface area contributed by atoms with Crippen molar-refractivity contribution in [3.05, 3.63) is 20.8 Å². The van der Waals surface area contributed by atoms with Gasteiger partial charge in [0.2, 0.25) is 5.91 Å². The lowest BCUT2D eigenvalue weighted by molar-refractivity contribution is -0.129. The lowest BCUT2D eigenvalue weighted by atomic mass is 10.3. The maximum Gasteiger partial charge on any atom is 0.236 e. The van der Waals surface area contributed by atoms with Crippen molar-refractivity contribution in [1.29, 1.82) is 0 Å². The zero-order valence-electron chi connectivity index (χ0n) is 9.28. The van der Waals surface area contributed by atoms with Crippen molar-refractivity contribution < 1.29 is 4.79 Å². The summed E-state index contributed by atoms with van der Waals surface area (Å²) in [4.78, 5) is 17.1. The van der Waals surface area contributed by atoms with Gasteiger partial charge in [-0.2, -0.15) is 0 Å². The molecule has 0 spiro atoms. The largest absolute Gasteiger partial charge is 0.345 e. The molecule has 2 rings (SSSR count). The zero-order chi connectivity index (χ0) is 11.5. The summed E-state index contributed by atoms with van der Waals surface area (Å²) in [6.45, 7) is 3.32. The minimum atomic E-state index is 0.230. The van der Waals surface area contributed by atoms with Gasteiger partial charge in [-0.25, -0.2) is 0 Å². The lowest BCUT2D eigenvalue weighted by Gasteiger charge is -2.18. The molecule has 3 nitrogen and oxygen atoms in total. The number of rotatable bonds is 2. The summed E-state index contributed by atoms with van der Waals surface area (Å²) >= 11 is 5.20. The molecule has 2 heterocycles. The molecule has 0 unspecified atom stereocenters. The molecule has 0 atom stereocenters. The number of hydrogen-bond acceptors (Lipinski definition) is 3. The van der Waals surface area contributed by atoms with Gasteiger partial charge in [-0.1, -0.05) is 0 Å². The van der Waals surface area contributed by atoms with Crippen molar-refractivity contribution in [1.82, 2.24) is 9.80 Å². The Labute approximate surface area is 108 Å². The van der Waals surface area contributed by atoms with Crippen LogP contribution in [0.4, 0.5) is 0 Å². The van der Waals surface area contributed by atoms with Crippen LogP contribution in [-0.2, 0) is 11.3 Å². The van der Waals surface area contributed by atoms with Gasteiger partial charge in [-0.15, -0.1) is 11.3 Å². The molecule has 1 aromatic rings. The molecule has 1 aliphatic rings. The Balaban J connectivity index is 1.97. The van der Waals surface area contributed by atoms with E-state index in [2.05, 4.69) is 33.0 Å². The molecule has 0 bridgehead atoms. The molecule has 1 saturated heterocycles. The van der Waals surface area contributed by atoms with E-state index >= 15 is 0 Å². The molecule has 0 radical (unpaired) electrons. The highest BCUT2D eigenvalue weighted by molar-refractivity contribution is 9.11. The van der Waals surface area contributed by atoms with Gasteiger partial charge in [0.15, 0.2) is 0 Å². The molecular formula is C11H15BrN2OS. The molecule has 1 aliphatic heterocycles. The Bertz CT molecular complexity index is 380. The van der Waals surface area contributed by atoms with Gasteiger partial charge in [0, 0.05) is 31.6 Å². The maximum absolute atomic E-state index is 11.7. The van der Waals surface area contributed by atoms with E-state index in [1.807, 2.05) is 11.9 Å². The molecule has 1 aromatic heterocycles. The fraction of sp³-hybridized carbons (Fsp3) is 0.545. The predicted molar refractivity (Wildman–Crippen MR) is 69.6 cm³/mol. The highest BCUT2D eigenvalue weighted by Crippen LogP contribution is 2.23. The van der Waals surface area contributed by atoms with E-state index in [4.69, 9.17) is 0 Å².